The maximum absolute atomic E-state index is 12.5. The van der Waals surface area contributed by atoms with Gasteiger partial charge in [0.05, 0.1) is 12.2 Å². The summed E-state index contributed by atoms with van der Waals surface area (Å²) in [4.78, 5) is 12.5. The highest BCUT2D eigenvalue weighted by molar-refractivity contribution is 5.89. The van der Waals surface area contributed by atoms with Gasteiger partial charge in [-0.1, -0.05) is 48.5 Å². The van der Waals surface area contributed by atoms with E-state index < -0.39 is 24.8 Å². The first kappa shape index (κ1) is 18.1. The summed E-state index contributed by atoms with van der Waals surface area (Å²) in [6.07, 6.45) is -1.87. The topological polar surface area (TPSA) is 63.2 Å². The number of carbonyl (C=O) groups is 1. The lowest BCUT2D eigenvalue weighted by molar-refractivity contribution is -0.333. The van der Waals surface area contributed by atoms with Gasteiger partial charge in [0.25, 0.3) is 0 Å². The van der Waals surface area contributed by atoms with Crippen LogP contribution < -0.4 is 0 Å². The molecule has 142 valence electrons. The summed E-state index contributed by atoms with van der Waals surface area (Å²) in [5.41, 5.74) is 1.42. The molecule has 0 aromatic heterocycles. The van der Waals surface area contributed by atoms with Crippen molar-refractivity contribution >= 4 is 5.97 Å². The number of ether oxygens (including phenoxy) is 5. The van der Waals surface area contributed by atoms with Crippen molar-refractivity contribution in [2.75, 3.05) is 13.7 Å². The Kier molecular flexibility index (Phi) is 5.50. The van der Waals surface area contributed by atoms with Crippen LogP contribution in [0.1, 0.15) is 28.6 Å². The molecule has 4 rings (SSSR count). The molecule has 0 aliphatic carbocycles. The molecule has 2 aliphatic heterocycles. The summed E-state index contributed by atoms with van der Waals surface area (Å²) in [6, 6.07) is 18.6. The van der Waals surface area contributed by atoms with E-state index in [1.165, 1.54) is 0 Å². The molecule has 0 spiro atoms. The molecule has 0 bridgehead atoms. The minimum Gasteiger partial charge on any atom is -0.456 e. The number of rotatable bonds is 4. The van der Waals surface area contributed by atoms with Gasteiger partial charge in [-0.25, -0.2) is 4.79 Å². The smallest absolute Gasteiger partial charge is 0.338 e. The van der Waals surface area contributed by atoms with Crippen LogP contribution in [-0.4, -0.2) is 44.3 Å². The molecule has 0 N–H and O–H groups in total. The highest BCUT2D eigenvalue weighted by Crippen LogP contribution is 2.35. The van der Waals surface area contributed by atoms with Crippen LogP contribution in [0.4, 0.5) is 0 Å². The van der Waals surface area contributed by atoms with Gasteiger partial charge in [0.2, 0.25) is 0 Å². The third kappa shape index (κ3) is 4.04. The van der Waals surface area contributed by atoms with Crippen molar-refractivity contribution in [3.05, 3.63) is 71.8 Å². The first-order valence-electron chi connectivity index (χ1n) is 9.01. The molecule has 0 amide bonds. The van der Waals surface area contributed by atoms with Gasteiger partial charge >= 0.3 is 5.97 Å². The van der Waals surface area contributed by atoms with Gasteiger partial charge in [-0.2, -0.15) is 0 Å². The molecule has 6 heteroatoms. The molecular formula is C21H22O6. The lowest BCUT2D eigenvalue weighted by Gasteiger charge is -2.45. The quantitative estimate of drug-likeness (QED) is 0.771. The monoisotopic (exact) mass is 370 g/mol. The van der Waals surface area contributed by atoms with Gasteiger partial charge in [0, 0.05) is 19.1 Å². The predicted octanol–water partition coefficient (Wildman–Crippen LogP) is 3.09. The normalized spacial score (nSPS) is 30.3. The van der Waals surface area contributed by atoms with Crippen LogP contribution in [0.5, 0.6) is 0 Å². The van der Waals surface area contributed by atoms with Crippen molar-refractivity contribution < 1.29 is 28.5 Å². The number of hydrogen-bond donors (Lipinski definition) is 0. The van der Waals surface area contributed by atoms with E-state index in [0.717, 1.165) is 5.56 Å². The Morgan fingerprint density at radius 2 is 1.70 bits per heavy atom. The largest absolute Gasteiger partial charge is 0.456 e. The molecule has 5 atom stereocenters. The molecule has 0 unspecified atom stereocenters. The molecule has 27 heavy (non-hydrogen) atoms. The molecule has 2 heterocycles. The molecule has 2 aromatic carbocycles. The van der Waals surface area contributed by atoms with Gasteiger partial charge in [0.1, 0.15) is 18.3 Å². The summed E-state index contributed by atoms with van der Waals surface area (Å²) in [6.45, 7) is 0.337. The average Bonchev–Trinajstić information content (AvgIpc) is 2.74. The number of fused-ring (bicyclic) bond motifs is 1. The van der Waals surface area contributed by atoms with Crippen molar-refractivity contribution in [1.82, 2.24) is 0 Å². The summed E-state index contributed by atoms with van der Waals surface area (Å²) in [7, 11) is 1.57. The van der Waals surface area contributed by atoms with Gasteiger partial charge in [-0.15, -0.1) is 0 Å². The van der Waals surface area contributed by atoms with E-state index in [-0.39, 0.29) is 12.1 Å². The number of methoxy groups -OCH3 is 1. The van der Waals surface area contributed by atoms with Crippen LogP contribution in [0.15, 0.2) is 60.7 Å². The Labute approximate surface area is 157 Å². The van der Waals surface area contributed by atoms with Crippen molar-refractivity contribution in [2.45, 2.75) is 37.3 Å². The number of esters is 1. The van der Waals surface area contributed by atoms with Crippen LogP contribution in [-0.2, 0) is 23.7 Å². The molecule has 2 aliphatic rings. The number of carbonyl (C=O) groups excluding carboxylic acids is 1. The third-order valence-electron chi connectivity index (χ3n) is 4.78. The van der Waals surface area contributed by atoms with Crippen molar-refractivity contribution in [3.8, 4) is 0 Å². The fraction of sp³-hybridized carbons (Fsp3) is 0.381. The zero-order valence-electron chi connectivity index (χ0n) is 15.0. The lowest BCUT2D eigenvalue weighted by atomic mass is 9.99. The molecule has 6 nitrogen and oxygen atoms in total. The van der Waals surface area contributed by atoms with Crippen molar-refractivity contribution in [1.29, 1.82) is 0 Å². The van der Waals surface area contributed by atoms with E-state index in [2.05, 4.69) is 0 Å². The Morgan fingerprint density at radius 1 is 1.00 bits per heavy atom. The van der Waals surface area contributed by atoms with Crippen molar-refractivity contribution in [2.24, 2.45) is 0 Å². The van der Waals surface area contributed by atoms with Crippen LogP contribution in [0.25, 0.3) is 0 Å². The highest BCUT2D eigenvalue weighted by Gasteiger charge is 2.46. The second kappa shape index (κ2) is 8.19. The summed E-state index contributed by atoms with van der Waals surface area (Å²) < 4.78 is 29.0. The Balaban J connectivity index is 1.51. The van der Waals surface area contributed by atoms with Crippen LogP contribution in [0.2, 0.25) is 0 Å². The van der Waals surface area contributed by atoms with E-state index >= 15 is 0 Å². The summed E-state index contributed by atoms with van der Waals surface area (Å²) in [5.74, 6) is -0.387. The molecule has 0 saturated carbocycles. The fourth-order valence-electron chi connectivity index (χ4n) is 3.40. The van der Waals surface area contributed by atoms with Gasteiger partial charge < -0.3 is 23.7 Å². The lowest BCUT2D eigenvalue weighted by Crippen LogP contribution is -2.56. The minimum atomic E-state index is -0.520. The molecule has 2 saturated heterocycles. The second-order valence-corrected chi connectivity index (χ2v) is 6.56. The molecule has 2 fully saturated rings. The summed E-state index contributed by atoms with van der Waals surface area (Å²) in [5, 5.41) is 0. The zero-order valence-corrected chi connectivity index (χ0v) is 15.0. The predicted molar refractivity (Wildman–Crippen MR) is 95.9 cm³/mol. The molecule has 0 radical (unpaired) electrons. The highest BCUT2D eigenvalue weighted by atomic mass is 16.7. The van der Waals surface area contributed by atoms with E-state index in [1.807, 2.05) is 36.4 Å². The van der Waals surface area contributed by atoms with Crippen molar-refractivity contribution in [3.63, 3.8) is 0 Å². The van der Waals surface area contributed by atoms with E-state index in [0.29, 0.717) is 18.6 Å². The van der Waals surface area contributed by atoms with Gasteiger partial charge in [0.15, 0.2) is 12.6 Å². The van der Waals surface area contributed by atoms with Crippen LogP contribution in [0.3, 0.4) is 0 Å². The Morgan fingerprint density at radius 3 is 2.41 bits per heavy atom. The van der Waals surface area contributed by atoms with Gasteiger partial charge in [-0.3, -0.25) is 0 Å². The minimum absolute atomic E-state index is 0.337. The van der Waals surface area contributed by atoms with E-state index in [1.54, 1.807) is 31.4 Å². The van der Waals surface area contributed by atoms with Crippen LogP contribution >= 0.6 is 0 Å². The molecular weight excluding hydrogens is 348 g/mol. The number of hydrogen-bond acceptors (Lipinski definition) is 6. The summed E-state index contributed by atoms with van der Waals surface area (Å²) >= 11 is 0. The van der Waals surface area contributed by atoms with Crippen LogP contribution in [0, 0.1) is 0 Å². The fourth-order valence-corrected chi connectivity index (χ4v) is 3.40. The van der Waals surface area contributed by atoms with Gasteiger partial charge in [-0.05, 0) is 12.1 Å². The first-order chi connectivity index (χ1) is 13.2. The zero-order chi connectivity index (χ0) is 18.6. The molecule has 2 aromatic rings. The SMILES string of the molecule is CO[C@@H]1C[C@@H](OC(=O)c2ccccc2)[C@@H]2O[C@H](c3ccccc3)OC[C@H]2O1. The average molecular weight is 370 g/mol. The maximum atomic E-state index is 12.5. The number of benzene rings is 2. The Bertz CT molecular complexity index is 750. The van der Waals surface area contributed by atoms with E-state index in [9.17, 15) is 4.79 Å². The standard InChI is InChI=1S/C21H22O6/c1-23-18-12-16(26-20(22)14-8-4-2-5-9-14)19-17(25-18)13-24-21(27-19)15-10-6-3-7-11-15/h2-11,16-19,21H,12-13H2,1H3/t16-,17-,18+,19+,21-/m1/s1. The maximum Gasteiger partial charge on any atom is 0.338 e. The first-order valence-corrected chi connectivity index (χ1v) is 9.01. The Hall–Kier alpha value is -2.25. The third-order valence-corrected chi connectivity index (χ3v) is 4.78. The second-order valence-electron chi connectivity index (χ2n) is 6.56. The van der Waals surface area contributed by atoms with E-state index in [4.69, 9.17) is 23.7 Å².